The molecule has 3 rings (SSSR count). The number of carbonyl (C=O) groups is 1. The lowest BCUT2D eigenvalue weighted by molar-refractivity contribution is -0.136. The van der Waals surface area contributed by atoms with Gasteiger partial charge in [0.1, 0.15) is 0 Å². The fraction of sp³-hybridized carbons (Fsp3) is 0.800. The highest BCUT2D eigenvalue weighted by atomic mass is 16.2. The lowest BCUT2D eigenvalue weighted by Gasteiger charge is -2.40. The van der Waals surface area contributed by atoms with Crippen molar-refractivity contribution in [2.75, 3.05) is 13.1 Å². The van der Waals surface area contributed by atoms with E-state index in [1.165, 1.54) is 38.5 Å². The molecule has 1 heterocycles. The van der Waals surface area contributed by atoms with Crippen LogP contribution in [0.15, 0.2) is 12.2 Å². The van der Waals surface area contributed by atoms with Crippen molar-refractivity contribution in [3.63, 3.8) is 0 Å². The Labute approximate surface area is 109 Å². The van der Waals surface area contributed by atoms with Crippen molar-refractivity contribution < 1.29 is 4.79 Å². The second-order valence-electron chi connectivity index (χ2n) is 6.42. The summed E-state index contributed by atoms with van der Waals surface area (Å²) in [6.07, 6.45) is 12.8. The van der Waals surface area contributed by atoms with Gasteiger partial charge in [0.05, 0.1) is 5.92 Å². The van der Waals surface area contributed by atoms with Crippen molar-refractivity contribution in [2.24, 2.45) is 17.1 Å². The number of piperidine rings is 1. The van der Waals surface area contributed by atoms with E-state index in [1.807, 2.05) is 12.2 Å². The van der Waals surface area contributed by atoms with Crippen LogP contribution in [0.5, 0.6) is 0 Å². The molecule has 2 atom stereocenters. The molecule has 2 fully saturated rings. The SMILES string of the molecule is NC1C=CC(C(=O)N2CCC3(CCCC3)CC2)C1. The van der Waals surface area contributed by atoms with Crippen LogP contribution in [0.4, 0.5) is 0 Å². The van der Waals surface area contributed by atoms with E-state index in [9.17, 15) is 4.79 Å². The molecule has 18 heavy (non-hydrogen) atoms. The normalized spacial score (nSPS) is 34.4. The molecule has 0 bridgehead atoms. The van der Waals surface area contributed by atoms with Crippen LogP contribution in [0.25, 0.3) is 0 Å². The second kappa shape index (κ2) is 4.69. The van der Waals surface area contributed by atoms with Crippen molar-refractivity contribution in [3.8, 4) is 0 Å². The largest absolute Gasteiger partial charge is 0.342 e. The molecule has 2 aliphatic carbocycles. The third kappa shape index (κ3) is 2.20. The molecule has 3 aliphatic rings. The summed E-state index contributed by atoms with van der Waals surface area (Å²) in [5, 5.41) is 0. The van der Waals surface area contributed by atoms with Gasteiger partial charge < -0.3 is 10.6 Å². The van der Waals surface area contributed by atoms with Crippen LogP contribution < -0.4 is 5.73 Å². The van der Waals surface area contributed by atoms with E-state index in [1.54, 1.807) is 0 Å². The van der Waals surface area contributed by atoms with Crippen molar-refractivity contribution in [3.05, 3.63) is 12.2 Å². The van der Waals surface area contributed by atoms with Gasteiger partial charge in [-0.2, -0.15) is 0 Å². The third-order valence-electron chi connectivity index (χ3n) is 5.23. The Morgan fingerprint density at radius 3 is 2.33 bits per heavy atom. The molecule has 1 saturated carbocycles. The minimum atomic E-state index is 0.0534. The molecule has 3 nitrogen and oxygen atoms in total. The zero-order valence-electron chi connectivity index (χ0n) is 11.1. The Hall–Kier alpha value is -0.830. The highest BCUT2D eigenvalue weighted by Gasteiger charge is 2.39. The van der Waals surface area contributed by atoms with Gasteiger partial charge >= 0.3 is 0 Å². The Bertz CT molecular complexity index is 348. The molecule has 0 aromatic carbocycles. The van der Waals surface area contributed by atoms with Crippen molar-refractivity contribution in [1.29, 1.82) is 0 Å². The molecule has 2 unspecified atom stereocenters. The first-order valence-corrected chi connectivity index (χ1v) is 7.41. The summed E-state index contributed by atoms with van der Waals surface area (Å²) < 4.78 is 0. The van der Waals surface area contributed by atoms with Crippen molar-refractivity contribution in [2.45, 2.75) is 51.0 Å². The topological polar surface area (TPSA) is 46.3 Å². The summed E-state index contributed by atoms with van der Waals surface area (Å²) in [6.45, 7) is 1.94. The molecule has 1 saturated heterocycles. The quantitative estimate of drug-likeness (QED) is 0.722. The Morgan fingerprint density at radius 1 is 1.11 bits per heavy atom. The van der Waals surface area contributed by atoms with Crippen LogP contribution in [0.3, 0.4) is 0 Å². The predicted molar refractivity (Wildman–Crippen MR) is 71.9 cm³/mol. The molecule has 1 aliphatic heterocycles. The third-order valence-corrected chi connectivity index (χ3v) is 5.23. The average molecular weight is 248 g/mol. The van der Waals surface area contributed by atoms with Gasteiger partial charge in [-0.15, -0.1) is 0 Å². The summed E-state index contributed by atoms with van der Waals surface area (Å²) in [4.78, 5) is 14.4. The van der Waals surface area contributed by atoms with Gasteiger partial charge in [-0.3, -0.25) is 4.79 Å². The fourth-order valence-electron chi connectivity index (χ4n) is 3.97. The van der Waals surface area contributed by atoms with Crippen molar-refractivity contribution in [1.82, 2.24) is 4.90 Å². The molecule has 3 heteroatoms. The standard InChI is InChI=1S/C15H24N2O/c16-13-4-3-12(11-13)14(18)17-9-7-15(8-10-17)5-1-2-6-15/h3-4,12-13H,1-2,5-11,16H2. The number of carbonyl (C=O) groups excluding carboxylic acids is 1. The zero-order valence-corrected chi connectivity index (χ0v) is 11.1. The Morgan fingerprint density at radius 2 is 1.78 bits per heavy atom. The lowest BCUT2D eigenvalue weighted by atomic mass is 9.77. The maximum absolute atomic E-state index is 12.4. The first-order valence-electron chi connectivity index (χ1n) is 7.41. The van der Waals surface area contributed by atoms with Crippen LogP contribution in [0.2, 0.25) is 0 Å². The van der Waals surface area contributed by atoms with Gasteiger partial charge in [0.15, 0.2) is 0 Å². The molecule has 2 N–H and O–H groups in total. The Balaban J connectivity index is 1.56. The van der Waals surface area contributed by atoms with Crippen LogP contribution in [-0.4, -0.2) is 29.9 Å². The van der Waals surface area contributed by atoms with Gasteiger partial charge in [-0.25, -0.2) is 0 Å². The molecular weight excluding hydrogens is 224 g/mol. The summed E-state index contributed by atoms with van der Waals surface area (Å²) in [7, 11) is 0. The number of hydrogen-bond acceptors (Lipinski definition) is 2. The number of amides is 1. The van der Waals surface area contributed by atoms with Crippen molar-refractivity contribution >= 4 is 5.91 Å². The molecule has 0 aromatic heterocycles. The lowest BCUT2D eigenvalue weighted by Crippen LogP contribution is -2.44. The van der Waals surface area contributed by atoms with Gasteiger partial charge in [-0.05, 0) is 37.5 Å². The zero-order chi connectivity index (χ0) is 12.6. The van der Waals surface area contributed by atoms with E-state index in [4.69, 9.17) is 5.73 Å². The van der Waals surface area contributed by atoms with E-state index in [-0.39, 0.29) is 12.0 Å². The summed E-state index contributed by atoms with van der Waals surface area (Å²) in [5.74, 6) is 0.365. The summed E-state index contributed by atoms with van der Waals surface area (Å²) in [6, 6.07) is 0.0879. The first-order chi connectivity index (χ1) is 8.69. The van der Waals surface area contributed by atoms with Crippen LogP contribution >= 0.6 is 0 Å². The highest BCUT2D eigenvalue weighted by molar-refractivity contribution is 5.81. The number of likely N-dealkylation sites (tertiary alicyclic amines) is 1. The molecular formula is C15H24N2O. The van der Waals surface area contributed by atoms with Gasteiger partial charge in [0.2, 0.25) is 5.91 Å². The summed E-state index contributed by atoms with van der Waals surface area (Å²) in [5.41, 5.74) is 6.43. The van der Waals surface area contributed by atoms with Gasteiger partial charge in [0.25, 0.3) is 0 Å². The van der Waals surface area contributed by atoms with Crippen LogP contribution in [0.1, 0.15) is 44.9 Å². The van der Waals surface area contributed by atoms with Gasteiger partial charge in [0, 0.05) is 19.1 Å². The maximum atomic E-state index is 12.4. The molecule has 0 aromatic rings. The average Bonchev–Trinajstić information content (AvgIpc) is 3.00. The summed E-state index contributed by atoms with van der Waals surface area (Å²) >= 11 is 0. The Kier molecular flexibility index (Phi) is 3.18. The fourth-order valence-corrected chi connectivity index (χ4v) is 3.97. The monoisotopic (exact) mass is 248 g/mol. The number of rotatable bonds is 1. The minimum absolute atomic E-state index is 0.0534. The number of hydrogen-bond donors (Lipinski definition) is 1. The molecule has 1 spiro atoms. The molecule has 1 amide bonds. The maximum Gasteiger partial charge on any atom is 0.229 e. The highest BCUT2D eigenvalue weighted by Crippen LogP contribution is 2.46. The second-order valence-corrected chi connectivity index (χ2v) is 6.42. The van der Waals surface area contributed by atoms with E-state index in [0.29, 0.717) is 11.3 Å². The van der Waals surface area contributed by atoms with E-state index in [2.05, 4.69) is 4.90 Å². The van der Waals surface area contributed by atoms with Crippen LogP contribution in [0, 0.1) is 11.3 Å². The smallest absolute Gasteiger partial charge is 0.229 e. The predicted octanol–water partition coefficient (Wildman–Crippen LogP) is 2.07. The number of nitrogens with zero attached hydrogens (tertiary/aromatic N) is 1. The molecule has 0 radical (unpaired) electrons. The van der Waals surface area contributed by atoms with Gasteiger partial charge in [-0.1, -0.05) is 25.0 Å². The van der Waals surface area contributed by atoms with E-state index < -0.39 is 0 Å². The number of nitrogens with two attached hydrogens (primary N) is 1. The first kappa shape index (κ1) is 12.2. The van der Waals surface area contributed by atoms with E-state index in [0.717, 1.165) is 19.5 Å². The van der Waals surface area contributed by atoms with Crippen LogP contribution in [-0.2, 0) is 4.79 Å². The molecule has 100 valence electrons. The van der Waals surface area contributed by atoms with E-state index >= 15 is 0 Å². The minimum Gasteiger partial charge on any atom is -0.342 e.